The van der Waals surface area contributed by atoms with Gasteiger partial charge in [0.25, 0.3) is 5.91 Å². The standard InChI is InChI=1S/C10H13NO6/c12-4-10(5-13,6-14)11-9(16)7-1-2-8(15)17-3-7/h1-3,12-14H,4-6H2,(H,11,16). The second-order valence-corrected chi connectivity index (χ2v) is 3.55. The Balaban J connectivity index is 2.84. The van der Waals surface area contributed by atoms with Gasteiger partial charge in [0.15, 0.2) is 0 Å². The molecule has 0 saturated heterocycles. The molecular formula is C10H13NO6. The van der Waals surface area contributed by atoms with Crippen molar-refractivity contribution in [2.75, 3.05) is 19.8 Å². The number of amides is 1. The molecule has 0 aliphatic heterocycles. The number of hydrogen-bond acceptors (Lipinski definition) is 6. The second-order valence-electron chi connectivity index (χ2n) is 3.55. The molecule has 0 spiro atoms. The summed E-state index contributed by atoms with van der Waals surface area (Å²) in [6, 6.07) is 2.30. The van der Waals surface area contributed by atoms with Crippen LogP contribution in [0.4, 0.5) is 0 Å². The van der Waals surface area contributed by atoms with E-state index in [2.05, 4.69) is 9.73 Å². The third-order valence-corrected chi connectivity index (χ3v) is 2.25. The van der Waals surface area contributed by atoms with Gasteiger partial charge in [-0.1, -0.05) is 0 Å². The Hall–Kier alpha value is -1.70. The molecule has 4 N–H and O–H groups in total. The van der Waals surface area contributed by atoms with Gasteiger partial charge in [-0.3, -0.25) is 4.79 Å². The first-order chi connectivity index (χ1) is 8.06. The van der Waals surface area contributed by atoms with E-state index < -0.39 is 36.9 Å². The Morgan fingerprint density at radius 2 is 1.82 bits per heavy atom. The number of rotatable bonds is 5. The van der Waals surface area contributed by atoms with Crippen LogP contribution in [-0.4, -0.2) is 46.6 Å². The highest BCUT2D eigenvalue weighted by atomic mass is 16.4. The molecule has 0 bridgehead atoms. The highest BCUT2D eigenvalue weighted by Gasteiger charge is 2.30. The van der Waals surface area contributed by atoms with Crippen molar-refractivity contribution < 1.29 is 24.5 Å². The molecule has 1 amide bonds. The van der Waals surface area contributed by atoms with E-state index in [-0.39, 0.29) is 5.56 Å². The van der Waals surface area contributed by atoms with Crippen molar-refractivity contribution in [2.24, 2.45) is 0 Å². The van der Waals surface area contributed by atoms with Crippen LogP contribution in [0.25, 0.3) is 0 Å². The lowest BCUT2D eigenvalue weighted by atomic mass is 10.0. The van der Waals surface area contributed by atoms with Crippen LogP contribution < -0.4 is 10.9 Å². The molecule has 0 radical (unpaired) electrons. The minimum absolute atomic E-state index is 0.0457. The van der Waals surface area contributed by atoms with Gasteiger partial charge in [0.2, 0.25) is 0 Å². The predicted molar refractivity (Wildman–Crippen MR) is 56.4 cm³/mol. The molecule has 0 aliphatic rings. The van der Waals surface area contributed by atoms with Crippen LogP contribution in [0.3, 0.4) is 0 Å². The van der Waals surface area contributed by atoms with E-state index in [1.807, 2.05) is 0 Å². The van der Waals surface area contributed by atoms with Crippen molar-refractivity contribution >= 4 is 5.91 Å². The molecule has 94 valence electrons. The average Bonchev–Trinajstić information content (AvgIpc) is 2.37. The maximum absolute atomic E-state index is 11.6. The highest BCUT2D eigenvalue weighted by molar-refractivity contribution is 5.94. The van der Waals surface area contributed by atoms with Crippen LogP contribution in [0.1, 0.15) is 10.4 Å². The van der Waals surface area contributed by atoms with Crippen LogP contribution in [0.5, 0.6) is 0 Å². The molecular weight excluding hydrogens is 230 g/mol. The van der Waals surface area contributed by atoms with Gasteiger partial charge < -0.3 is 25.1 Å². The lowest BCUT2D eigenvalue weighted by Crippen LogP contribution is -2.57. The summed E-state index contributed by atoms with van der Waals surface area (Å²) in [5.41, 5.74) is -2.06. The van der Waals surface area contributed by atoms with Crippen LogP contribution in [0.2, 0.25) is 0 Å². The maximum Gasteiger partial charge on any atom is 0.335 e. The Morgan fingerprint density at radius 3 is 2.24 bits per heavy atom. The van der Waals surface area contributed by atoms with Crippen molar-refractivity contribution in [2.45, 2.75) is 5.54 Å². The summed E-state index contributed by atoms with van der Waals surface area (Å²) >= 11 is 0. The summed E-state index contributed by atoms with van der Waals surface area (Å²) in [6.07, 6.45) is 0.953. The normalized spacial score (nSPS) is 11.2. The van der Waals surface area contributed by atoms with Crippen molar-refractivity contribution in [1.82, 2.24) is 5.32 Å². The smallest absolute Gasteiger partial charge is 0.335 e. The third kappa shape index (κ3) is 3.13. The van der Waals surface area contributed by atoms with Crippen LogP contribution in [0, 0.1) is 0 Å². The van der Waals surface area contributed by atoms with E-state index in [0.29, 0.717) is 0 Å². The molecule has 1 rings (SSSR count). The van der Waals surface area contributed by atoms with Crippen LogP contribution >= 0.6 is 0 Å². The lowest BCUT2D eigenvalue weighted by Gasteiger charge is -2.28. The van der Waals surface area contributed by atoms with Gasteiger partial charge in [-0.2, -0.15) is 0 Å². The van der Waals surface area contributed by atoms with E-state index in [0.717, 1.165) is 12.3 Å². The molecule has 0 fully saturated rings. The topological polar surface area (TPSA) is 120 Å². The predicted octanol–water partition coefficient (Wildman–Crippen LogP) is -1.91. The molecule has 7 nitrogen and oxygen atoms in total. The van der Waals surface area contributed by atoms with Crippen molar-refractivity contribution in [3.8, 4) is 0 Å². The summed E-state index contributed by atoms with van der Waals surface area (Å²) in [4.78, 5) is 22.3. The molecule has 0 aromatic carbocycles. The Morgan fingerprint density at radius 1 is 1.24 bits per heavy atom. The quantitative estimate of drug-likeness (QED) is 0.479. The third-order valence-electron chi connectivity index (χ3n) is 2.25. The van der Waals surface area contributed by atoms with Gasteiger partial charge in [-0.05, 0) is 6.07 Å². The van der Waals surface area contributed by atoms with Crippen molar-refractivity contribution in [3.05, 3.63) is 34.4 Å². The SMILES string of the molecule is O=C(NC(CO)(CO)CO)c1ccc(=O)oc1. The zero-order chi connectivity index (χ0) is 12.9. The molecule has 1 heterocycles. The number of aliphatic hydroxyl groups excluding tert-OH is 3. The summed E-state index contributed by atoms with van der Waals surface area (Å²) in [6.45, 7) is -1.87. The van der Waals surface area contributed by atoms with Gasteiger partial charge in [0.05, 0.1) is 25.4 Å². The Kier molecular flexibility index (Phi) is 4.38. The van der Waals surface area contributed by atoms with E-state index in [1.165, 1.54) is 6.07 Å². The summed E-state index contributed by atoms with van der Waals surface area (Å²) < 4.78 is 4.49. The number of hydrogen-bond donors (Lipinski definition) is 4. The molecule has 1 aromatic heterocycles. The Labute approximate surface area is 96.3 Å². The average molecular weight is 243 g/mol. The van der Waals surface area contributed by atoms with Crippen molar-refractivity contribution in [3.63, 3.8) is 0 Å². The van der Waals surface area contributed by atoms with Gasteiger partial charge in [0, 0.05) is 6.07 Å². The fraction of sp³-hybridized carbons (Fsp3) is 0.400. The number of nitrogens with one attached hydrogen (secondary N) is 1. The van der Waals surface area contributed by atoms with Gasteiger partial charge in [-0.15, -0.1) is 0 Å². The lowest BCUT2D eigenvalue weighted by molar-refractivity contribution is 0.0374. The fourth-order valence-corrected chi connectivity index (χ4v) is 1.07. The summed E-state index contributed by atoms with van der Waals surface area (Å²) in [5, 5.41) is 29.3. The molecule has 0 unspecified atom stereocenters. The number of carbonyl (C=O) groups is 1. The van der Waals surface area contributed by atoms with Gasteiger partial charge in [0.1, 0.15) is 11.8 Å². The first-order valence-electron chi connectivity index (χ1n) is 4.81. The zero-order valence-electron chi connectivity index (χ0n) is 8.92. The molecule has 0 saturated carbocycles. The molecule has 0 aliphatic carbocycles. The number of carbonyl (C=O) groups excluding carboxylic acids is 1. The Bertz CT molecular complexity index is 408. The fourth-order valence-electron chi connectivity index (χ4n) is 1.07. The minimum Gasteiger partial charge on any atom is -0.430 e. The highest BCUT2D eigenvalue weighted by Crippen LogP contribution is 2.04. The van der Waals surface area contributed by atoms with Crippen molar-refractivity contribution in [1.29, 1.82) is 0 Å². The number of aliphatic hydroxyl groups is 3. The molecule has 0 atom stereocenters. The minimum atomic E-state index is -1.51. The van der Waals surface area contributed by atoms with Gasteiger partial charge in [-0.25, -0.2) is 4.79 Å². The second kappa shape index (κ2) is 5.58. The monoisotopic (exact) mass is 243 g/mol. The summed E-state index contributed by atoms with van der Waals surface area (Å²) in [7, 11) is 0. The first kappa shape index (κ1) is 13.4. The maximum atomic E-state index is 11.6. The molecule has 1 aromatic rings. The molecule has 7 heteroatoms. The largest absolute Gasteiger partial charge is 0.430 e. The first-order valence-corrected chi connectivity index (χ1v) is 4.81. The van der Waals surface area contributed by atoms with E-state index in [1.54, 1.807) is 0 Å². The van der Waals surface area contributed by atoms with Gasteiger partial charge >= 0.3 is 5.63 Å². The zero-order valence-corrected chi connectivity index (χ0v) is 8.92. The van der Waals surface area contributed by atoms with Crippen LogP contribution in [0.15, 0.2) is 27.6 Å². The summed E-state index contributed by atoms with van der Waals surface area (Å²) in [5.74, 6) is -0.675. The van der Waals surface area contributed by atoms with E-state index >= 15 is 0 Å². The molecule has 17 heavy (non-hydrogen) atoms. The van der Waals surface area contributed by atoms with Crippen LogP contribution in [-0.2, 0) is 0 Å². The van der Waals surface area contributed by atoms with E-state index in [9.17, 15) is 9.59 Å². The van der Waals surface area contributed by atoms with E-state index in [4.69, 9.17) is 15.3 Å².